The molecule has 0 radical (unpaired) electrons. The van der Waals surface area contributed by atoms with Crippen molar-refractivity contribution in [3.05, 3.63) is 42.2 Å². The van der Waals surface area contributed by atoms with Gasteiger partial charge in [0.25, 0.3) is 0 Å². The standard InChI is InChI=1S/C11H8O2/c1-2-4-10-9(3-1)11-8(7-13-10)5-6-12-11/h1-6H,7H2. The lowest BCUT2D eigenvalue weighted by molar-refractivity contribution is 0.299. The number of hydrogen-bond donors (Lipinski definition) is 0. The van der Waals surface area contributed by atoms with Crippen LogP contribution in [0.15, 0.2) is 41.0 Å². The Hall–Kier alpha value is -1.70. The number of rotatable bonds is 0. The van der Waals surface area contributed by atoms with Crippen LogP contribution < -0.4 is 4.74 Å². The smallest absolute Gasteiger partial charge is 0.144 e. The van der Waals surface area contributed by atoms with Gasteiger partial charge in [0.1, 0.15) is 18.1 Å². The molecule has 2 aromatic rings. The quantitative estimate of drug-likeness (QED) is 0.609. The average molecular weight is 172 g/mol. The maximum atomic E-state index is 5.55. The van der Waals surface area contributed by atoms with Gasteiger partial charge in [-0.15, -0.1) is 0 Å². The lowest BCUT2D eigenvalue weighted by Gasteiger charge is -2.15. The van der Waals surface area contributed by atoms with E-state index >= 15 is 0 Å². The summed E-state index contributed by atoms with van der Waals surface area (Å²) >= 11 is 0. The minimum atomic E-state index is 0.614. The van der Waals surface area contributed by atoms with Crippen LogP contribution in [0.5, 0.6) is 5.75 Å². The fourth-order valence-corrected chi connectivity index (χ4v) is 1.62. The Morgan fingerprint density at radius 1 is 1.08 bits per heavy atom. The van der Waals surface area contributed by atoms with E-state index in [2.05, 4.69) is 0 Å². The van der Waals surface area contributed by atoms with Gasteiger partial charge in [0, 0.05) is 5.56 Å². The van der Waals surface area contributed by atoms with Crippen LogP contribution in [-0.4, -0.2) is 0 Å². The molecule has 1 aromatic carbocycles. The summed E-state index contributed by atoms with van der Waals surface area (Å²) < 4.78 is 11.0. The van der Waals surface area contributed by atoms with Crippen molar-refractivity contribution >= 4 is 0 Å². The van der Waals surface area contributed by atoms with Crippen molar-refractivity contribution in [2.45, 2.75) is 6.61 Å². The summed E-state index contributed by atoms with van der Waals surface area (Å²) in [4.78, 5) is 0. The molecule has 64 valence electrons. The molecule has 1 aromatic heterocycles. The van der Waals surface area contributed by atoms with Gasteiger partial charge in [0.15, 0.2) is 0 Å². The molecule has 3 rings (SSSR count). The van der Waals surface area contributed by atoms with Crippen LogP contribution in [0, 0.1) is 0 Å². The molecule has 0 atom stereocenters. The maximum absolute atomic E-state index is 5.55. The van der Waals surface area contributed by atoms with Crippen molar-refractivity contribution in [2.75, 3.05) is 0 Å². The Balaban J connectivity index is 2.30. The van der Waals surface area contributed by atoms with Gasteiger partial charge in [-0.1, -0.05) is 12.1 Å². The normalized spacial score (nSPS) is 12.9. The first-order valence-corrected chi connectivity index (χ1v) is 4.24. The summed E-state index contributed by atoms with van der Waals surface area (Å²) in [6.45, 7) is 0.614. The Labute approximate surface area is 75.8 Å². The molecule has 0 saturated carbocycles. The molecule has 2 nitrogen and oxygen atoms in total. The fourth-order valence-electron chi connectivity index (χ4n) is 1.62. The van der Waals surface area contributed by atoms with Crippen LogP contribution in [0.3, 0.4) is 0 Å². The molecule has 0 bridgehead atoms. The highest BCUT2D eigenvalue weighted by molar-refractivity contribution is 5.70. The second-order valence-corrected chi connectivity index (χ2v) is 3.06. The van der Waals surface area contributed by atoms with E-state index in [9.17, 15) is 0 Å². The van der Waals surface area contributed by atoms with Gasteiger partial charge in [-0.25, -0.2) is 0 Å². The van der Waals surface area contributed by atoms with Gasteiger partial charge in [0.05, 0.1) is 11.8 Å². The zero-order chi connectivity index (χ0) is 8.67. The number of ether oxygens (including phenoxy) is 1. The van der Waals surface area contributed by atoms with Crippen molar-refractivity contribution < 1.29 is 9.15 Å². The number of hydrogen-bond acceptors (Lipinski definition) is 2. The summed E-state index contributed by atoms with van der Waals surface area (Å²) in [5.41, 5.74) is 2.17. The van der Waals surface area contributed by atoms with E-state index in [1.807, 2.05) is 30.3 Å². The molecular formula is C11H8O2. The van der Waals surface area contributed by atoms with E-state index in [1.54, 1.807) is 6.26 Å². The van der Waals surface area contributed by atoms with Crippen LogP contribution in [0.4, 0.5) is 0 Å². The van der Waals surface area contributed by atoms with Gasteiger partial charge >= 0.3 is 0 Å². The molecule has 0 aliphatic carbocycles. The summed E-state index contributed by atoms with van der Waals surface area (Å²) in [6, 6.07) is 9.87. The topological polar surface area (TPSA) is 22.4 Å². The molecule has 2 heteroatoms. The molecule has 0 unspecified atom stereocenters. The van der Waals surface area contributed by atoms with Crippen molar-refractivity contribution in [1.82, 2.24) is 0 Å². The Morgan fingerprint density at radius 2 is 2.00 bits per heavy atom. The van der Waals surface area contributed by atoms with Gasteiger partial charge in [0.2, 0.25) is 0 Å². The minimum absolute atomic E-state index is 0.614. The molecule has 13 heavy (non-hydrogen) atoms. The molecule has 0 N–H and O–H groups in total. The highest BCUT2D eigenvalue weighted by atomic mass is 16.5. The number of fused-ring (bicyclic) bond motifs is 3. The molecule has 1 aliphatic rings. The van der Waals surface area contributed by atoms with Gasteiger partial charge in [-0.2, -0.15) is 0 Å². The molecule has 1 aliphatic heterocycles. The van der Waals surface area contributed by atoms with Crippen LogP contribution in [0.2, 0.25) is 0 Å². The van der Waals surface area contributed by atoms with Crippen LogP contribution in [0.1, 0.15) is 5.56 Å². The number of para-hydroxylation sites is 1. The second kappa shape index (κ2) is 2.39. The molecule has 0 fully saturated rings. The summed E-state index contributed by atoms with van der Waals surface area (Å²) in [6.07, 6.45) is 1.70. The first-order chi connectivity index (χ1) is 6.45. The number of furan rings is 1. The van der Waals surface area contributed by atoms with Gasteiger partial charge in [-0.3, -0.25) is 0 Å². The highest BCUT2D eigenvalue weighted by Gasteiger charge is 2.18. The van der Waals surface area contributed by atoms with Crippen LogP contribution in [-0.2, 0) is 6.61 Å². The summed E-state index contributed by atoms with van der Waals surface area (Å²) in [7, 11) is 0. The van der Waals surface area contributed by atoms with E-state index in [0.717, 1.165) is 22.6 Å². The first-order valence-electron chi connectivity index (χ1n) is 4.24. The lowest BCUT2D eigenvalue weighted by atomic mass is 10.1. The fraction of sp³-hybridized carbons (Fsp3) is 0.0909. The largest absolute Gasteiger partial charge is 0.488 e. The van der Waals surface area contributed by atoms with Crippen molar-refractivity contribution in [2.24, 2.45) is 0 Å². The van der Waals surface area contributed by atoms with Crippen molar-refractivity contribution in [3.8, 4) is 17.1 Å². The minimum Gasteiger partial charge on any atom is -0.488 e. The van der Waals surface area contributed by atoms with Crippen molar-refractivity contribution in [1.29, 1.82) is 0 Å². The van der Waals surface area contributed by atoms with E-state index < -0.39 is 0 Å². The lowest BCUT2D eigenvalue weighted by Crippen LogP contribution is -2.02. The molecular weight excluding hydrogens is 164 g/mol. The predicted octanol–water partition coefficient (Wildman–Crippen LogP) is 2.84. The zero-order valence-corrected chi connectivity index (χ0v) is 6.99. The first kappa shape index (κ1) is 6.78. The van der Waals surface area contributed by atoms with E-state index in [1.165, 1.54) is 0 Å². The summed E-state index contributed by atoms with van der Waals surface area (Å²) in [5, 5.41) is 0. The Bertz CT molecular complexity index is 443. The number of benzene rings is 1. The molecule has 2 heterocycles. The van der Waals surface area contributed by atoms with Gasteiger partial charge in [-0.05, 0) is 18.2 Å². The predicted molar refractivity (Wildman–Crippen MR) is 48.5 cm³/mol. The van der Waals surface area contributed by atoms with Gasteiger partial charge < -0.3 is 9.15 Å². The maximum Gasteiger partial charge on any atom is 0.144 e. The Morgan fingerprint density at radius 3 is 3.00 bits per heavy atom. The molecule has 0 amide bonds. The zero-order valence-electron chi connectivity index (χ0n) is 6.99. The van der Waals surface area contributed by atoms with E-state index in [4.69, 9.17) is 9.15 Å². The third-order valence-corrected chi connectivity index (χ3v) is 2.26. The molecule has 0 spiro atoms. The third-order valence-electron chi connectivity index (χ3n) is 2.26. The Kier molecular flexibility index (Phi) is 1.25. The van der Waals surface area contributed by atoms with E-state index in [0.29, 0.717) is 6.61 Å². The van der Waals surface area contributed by atoms with Crippen LogP contribution >= 0.6 is 0 Å². The second-order valence-electron chi connectivity index (χ2n) is 3.06. The monoisotopic (exact) mass is 172 g/mol. The average Bonchev–Trinajstić information content (AvgIpc) is 2.65. The summed E-state index contributed by atoms with van der Waals surface area (Å²) in [5.74, 6) is 1.85. The SMILES string of the molecule is c1ccc2c(c1)OCc1ccoc1-2. The third kappa shape index (κ3) is 0.886. The van der Waals surface area contributed by atoms with Crippen molar-refractivity contribution in [3.63, 3.8) is 0 Å². The van der Waals surface area contributed by atoms with E-state index in [-0.39, 0.29) is 0 Å². The van der Waals surface area contributed by atoms with Crippen LogP contribution in [0.25, 0.3) is 11.3 Å². The highest BCUT2D eigenvalue weighted by Crippen LogP contribution is 2.37. The molecule has 0 saturated heterocycles.